The minimum absolute atomic E-state index is 0.177. The van der Waals surface area contributed by atoms with Crippen LogP contribution in [-0.2, 0) is 6.54 Å². The molecule has 1 aromatic heterocycles. The fourth-order valence-electron chi connectivity index (χ4n) is 1.44. The zero-order valence-corrected chi connectivity index (χ0v) is 8.55. The van der Waals surface area contributed by atoms with Gasteiger partial charge in [0.1, 0.15) is 5.01 Å². The van der Waals surface area contributed by atoms with Crippen molar-refractivity contribution in [2.75, 3.05) is 13.1 Å². The molecule has 0 unspecified atom stereocenters. The Morgan fingerprint density at radius 2 is 2.46 bits per heavy atom. The lowest BCUT2D eigenvalue weighted by Gasteiger charge is -2.11. The van der Waals surface area contributed by atoms with Gasteiger partial charge in [-0.15, -0.1) is 10.2 Å². The molecule has 1 fully saturated rings. The Balaban J connectivity index is 1.91. The second kappa shape index (κ2) is 3.88. The van der Waals surface area contributed by atoms with Crippen molar-refractivity contribution < 1.29 is 5.11 Å². The SMILES string of the molecule is O[C@@H]1CCN(Cc2nnc(Cl)s2)C1. The number of β-amino-alcohol motifs (C(OH)–C–C–N with tert-alkyl or cyclic N) is 1. The third-order valence-electron chi connectivity index (χ3n) is 2.05. The number of aliphatic hydroxyl groups excluding tert-OH is 1. The summed E-state index contributed by atoms with van der Waals surface area (Å²) < 4.78 is 0.481. The van der Waals surface area contributed by atoms with Gasteiger partial charge in [-0.2, -0.15) is 0 Å². The smallest absolute Gasteiger partial charge is 0.207 e. The molecular formula is C7H10ClN3OS. The van der Waals surface area contributed by atoms with E-state index in [-0.39, 0.29) is 6.10 Å². The Morgan fingerprint density at radius 3 is 3.00 bits per heavy atom. The van der Waals surface area contributed by atoms with E-state index in [0.717, 1.165) is 31.1 Å². The van der Waals surface area contributed by atoms with Gasteiger partial charge >= 0.3 is 0 Å². The van der Waals surface area contributed by atoms with E-state index in [9.17, 15) is 5.11 Å². The van der Waals surface area contributed by atoms with Gasteiger partial charge in [0.05, 0.1) is 12.6 Å². The molecule has 0 amide bonds. The quantitative estimate of drug-likeness (QED) is 0.798. The third kappa shape index (κ3) is 2.37. The predicted octanol–water partition coefficient (Wildman–Crippen LogP) is 0.758. The van der Waals surface area contributed by atoms with Crippen molar-refractivity contribution in [2.45, 2.75) is 19.1 Å². The van der Waals surface area contributed by atoms with Crippen molar-refractivity contribution in [3.8, 4) is 0 Å². The number of nitrogens with zero attached hydrogens (tertiary/aromatic N) is 3. The molecule has 1 atom stereocenters. The van der Waals surface area contributed by atoms with Crippen LogP contribution in [0.3, 0.4) is 0 Å². The summed E-state index contributed by atoms with van der Waals surface area (Å²) in [5.41, 5.74) is 0. The average Bonchev–Trinajstić information content (AvgIpc) is 2.62. The number of rotatable bonds is 2. The summed E-state index contributed by atoms with van der Waals surface area (Å²) >= 11 is 7.05. The molecule has 1 N–H and O–H groups in total. The van der Waals surface area contributed by atoms with Gasteiger partial charge in [0, 0.05) is 13.1 Å². The van der Waals surface area contributed by atoms with E-state index in [4.69, 9.17) is 11.6 Å². The van der Waals surface area contributed by atoms with E-state index < -0.39 is 0 Å². The molecular weight excluding hydrogens is 210 g/mol. The van der Waals surface area contributed by atoms with E-state index in [1.807, 2.05) is 0 Å². The molecule has 0 saturated carbocycles. The number of aliphatic hydroxyl groups is 1. The second-order valence-corrected chi connectivity index (χ2v) is 4.77. The molecule has 6 heteroatoms. The lowest BCUT2D eigenvalue weighted by Crippen LogP contribution is -2.21. The van der Waals surface area contributed by atoms with Gasteiger partial charge in [-0.1, -0.05) is 11.3 Å². The minimum Gasteiger partial charge on any atom is -0.392 e. The Bertz CT molecular complexity index is 293. The van der Waals surface area contributed by atoms with E-state index in [1.165, 1.54) is 11.3 Å². The number of hydrogen-bond acceptors (Lipinski definition) is 5. The summed E-state index contributed by atoms with van der Waals surface area (Å²) in [6.45, 7) is 2.41. The highest BCUT2D eigenvalue weighted by Crippen LogP contribution is 2.18. The first kappa shape index (κ1) is 9.33. The summed E-state index contributed by atoms with van der Waals surface area (Å²) in [7, 11) is 0. The second-order valence-electron chi connectivity index (χ2n) is 3.13. The van der Waals surface area contributed by atoms with Crippen molar-refractivity contribution in [1.29, 1.82) is 0 Å². The molecule has 1 saturated heterocycles. The first-order valence-electron chi connectivity index (χ1n) is 4.12. The average molecular weight is 220 g/mol. The summed E-state index contributed by atoms with van der Waals surface area (Å²) in [5, 5.41) is 17.8. The zero-order valence-electron chi connectivity index (χ0n) is 6.98. The van der Waals surface area contributed by atoms with Gasteiger partial charge in [0.15, 0.2) is 0 Å². The van der Waals surface area contributed by atoms with E-state index in [1.54, 1.807) is 0 Å². The van der Waals surface area contributed by atoms with Crippen LogP contribution in [0.4, 0.5) is 0 Å². The van der Waals surface area contributed by atoms with Crippen molar-refractivity contribution in [3.05, 3.63) is 9.47 Å². The molecule has 1 aliphatic rings. The summed E-state index contributed by atoms with van der Waals surface area (Å²) in [6.07, 6.45) is 0.676. The van der Waals surface area contributed by atoms with Gasteiger partial charge in [-0.3, -0.25) is 4.90 Å². The summed E-state index contributed by atoms with van der Waals surface area (Å²) in [4.78, 5) is 2.15. The lowest BCUT2D eigenvalue weighted by atomic mass is 10.3. The monoisotopic (exact) mass is 219 g/mol. The normalized spacial score (nSPS) is 24.0. The van der Waals surface area contributed by atoms with Crippen molar-refractivity contribution >= 4 is 22.9 Å². The Hall–Kier alpha value is -0.230. The molecule has 1 aliphatic heterocycles. The number of hydrogen-bond donors (Lipinski definition) is 1. The molecule has 0 aliphatic carbocycles. The van der Waals surface area contributed by atoms with Gasteiger partial charge in [0.25, 0.3) is 0 Å². The van der Waals surface area contributed by atoms with Crippen LogP contribution in [0.25, 0.3) is 0 Å². The minimum atomic E-state index is -0.177. The van der Waals surface area contributed by atoms with Crippen LogP contribution in [0.5, 0.6) is 0 Å². The molecule has 0 spiro atoms. The lowest BCUT2D eigenvalue weighted by molar-refractivity contribution is 0.174. The Morgan fingerprint density at radius 1 is 1.62 bits per heavy atom. The maximum absolute atomic E-state index is 9.28. The highest BCUT2D eigenvalue weighted by Gasteiger charge is 2.21. The standard InChI is InChI=1S/C7H10ClN3OS/c8-7-10-9-6(13-7)4-11-2-1-5(12)3-11/h5,12H,1-4H2/t5-/m1/s1. The fraction of sp³-hybridized carbons (Fsp3) is 0.714. The van der Waals surface area contributed by atoms with Gasteiger partial charge in [-0.05, 0) is 18.0 Å². The molecule has 2 rings (SSSR count). The number of likely N-dealkylation sites (tertiary alicyclic amines) is 1. The van der Waals surface area contributed by atoms with Crippen molar-refractivity contribution in [2.24, 2.45) is 0 Å². The molecule has 1 aromatic rings. The van der Waals surface area contributed by atoms with Crippen LogP contribution in [-0.4, -0.2) is 39.4 Å². The molecule has 72 valence electrons. The highest BCUT2D eigenvalue weighted by atomic mass is 35.5. The predicted molar refractivity (Wildman–Crippen MR) is 50.8 cm³/mol. The maximum Gasteiger partial charge on any atom is 0.207 e. The zero-order chi connectivity index (χ0) is 9.26. The number of aromatic nitrogens is 2. The molecule has 0 aromatic carbocycles. The van der Waals surface area contributed by atoms with Crippen molar-refractivity contribution in [1.82, 2.24) is 15.1 Å². The highest BCUT2D eigenvalue weighted by molar-refractivity contribution is 7.15. The van der Waals surface area contributed by atoms with E-state index in [0.29, 0.717) is 4.47 Å². The van der Waals surface area contributed by atoms with Crippen LogP contribution >= 0.6 is 22.9 Å². The maximum atomic E-state index is 9.28. The Kier molecular flexibility index (Phi) is 2.78. The topological polar surface area (TPSA) is 49.2 Å². The van der Waals surface area contributed by atoms with E-state index in [2.05, 4.69) is 15.1 Å². The first-order valence-corrected chi connectivity index (χ1v) is 5.32. The first-order chi connectivity index (χ1) is 6.24. The third-order valence-corrected chi connectivity index (χ3v) is 3.05. The van der Waals surface area contributed by atoms with Crippen LogP contribution in [0.15, 0.2) is 0 Å². The molecule has 2 heterocycles. The molecule has 0 bridgehead atoms. The molecule has 13 heavy (non-hydrogen) atoms. The largest absolute Gasteiger partial charge is 0.392 e. The van der Waals surface area contributed by atoms with Gasteiger partial charge < -0.3 is 5.11 Å². The Labute approximate surface area is 85.2 Å². The van der Waals surface area contributed by atoms with Crippen LogP contribution < -0.4 is 0 Å². The summed E-state index contributed by atoms with van der Waals surface area (Å²) in [6, 6.07) is 0. The van der Waals surface area contributed by atoms with Gasteiger partial charge in [0.2, 0.25) is 4.47 Å². The molecule has 0 radical (unpaired) electrons. The van der Waals surface area contributed by atoms with Crippen LogP contribution in [0, 0.1) is 0 Å². The molecule has 4 nitrogen and oxygen atoms in total. The fourth-order valence-corrected chi connectivity index (χ4v) is 2.35. The van der Waals surface area contributed by atoms with E-state index >= 15 is 0 Å². The van der Waals surface area contributed by atoms with Crippen LogP contribution in [0.2, 0.25) is 4.47 Å². The number of halogens is 1. The van der Waals surface area contributed by atoms with Crippen LogP contribution in [0.1, 0.15) is 11.4 Å². The van der Waals surface area contributed by atoms with Gasteiger partial charge in [-0.25, -0.2) is 0 Å². The van der Waals surface area contributed by atoms with Crippen molar-refractivity contribution in [3.63, 3.8) is 0 Å². The summed E-state index contributed by atoms with van der Waals surface area (Å²) in [5.74, 6) is 0.